The molecule has 5 heteroatoms. The van der Waals surface area contributed by atoms with Crippen LogP contribution in [-0.2, 0) is 17.8 Å². The highest BCUT2D eigenvalue weighted by molar-refractivity contribution is 9.10. The first-order valence-electron chi connectivity index (χ1n) is 7.44. The maximum absolute atomic E-state index is 11.5. The monoisotopic (exact) mass is 396 g/mol. The second-order valence-electron chi connectivity index (χ2n) is 4.94. The lowest BCUT2D eigenvalue weighted by Gasteiger charge is -2.13. The van der Waals surface area contributed by atoms with E-state index in [1.165, 1.54) is 0 Å². The molecular formula is C18H18BrClO3. The van der Waals surface area contributed by atoms with Gasteiger partial charge in [-0.3, -0.25) is 4.79 Å². The van der Waals surface area contributed by atoms with Crippen LogP contribution in [0.1, 0.15) is 31.4 Å². The van der Waals surface area contributed by atoms with E-state index >= 15 is 0 Å². The number of carbonyl (C=O) groups is 1. The van der Waals surface area contributed by atoms with Gasteiger partial charge >= 0.3 is 5.97 Å². The van der Waals surface area contributed by atoms with Gasteiger partial charge in [-0.05, 0) is 36.2 Å². The second-order valence-corrected chi connectivity index (χ2v) is 6.20. The van der Waals surface area contributed by atoms with Crippen LogP contribution in [0.5, 0.6) is 11.5 Å². The molecule has 0 heterocycles. The molecule has 0 saturated carbocycles. The van der Waals surface area contributed by atoms with Crippen molar-refractivity contribution in [2.24, 2.45) is 0 Å². The Labute approximate surface area is 149 Å². The van der Waals surface area contributed by atoms with E-state index in [2.05, 4.69) is 22.9 Å². The third kappa shape index (κ3) is 4.72. The van der Waals surface area contributed by atoms with Crippen molar-refractivity contribution >= 4 is 33.5 Å². The van der Waals surface area contributed by atoms with Crippen LogP contribution in [0.2, 0.25) is 5.02 Å². The Kier molecular flexibility index (Phi) is 6.48. The minimum atomic E-state index is -0.278. The summed E-state index contributed by atoms with van der Waals surface area (Å²) in [4.78, 5) is 11.5. The van der Waals surface area contributed by atoms with Gasteiger partial charge in [-0.25, -0.2) is 0 Å². The van der Waals surface area contributed by atoms with Crippen LogP contribution in [0.4, 0.5) is 0 Å². The predicted octanol–water partition coefficient (Wildman–Crippen LogP) is 5.56. The van der Waals surface area contributed by atoms with Crippen molar-refractivity contribution in [3.05, 3.63) is 57.0 Å². The molecule has 0 radical (unpaired) electrons. The van der Waals surface area contributed by atoms with Gasteiger partial charge in [-0.15, -0.1) is 0 Å². The smallest absolute Gasteiger partial charge is 0.310 e. The fourth-order valence-corrected chi connectivity index (χ4v) is 2.80. The minimum Gasteiger partial charge on any atom is -0.489 e. The van der Waals surface area contributed by atoms with Gasteiger partial charge < -0.3 is 9.47 Å². The van der Waals surface area contributed by atoms with Crippen molar-refractivity contribution in [1.29, 1.82) is 0 Å². The number of aryl methyl sites for hydroxylation is 1. The molecule has 2 aromatic rings. The Bertz CT molecular complexity index is 701. The van der Waals surface area contributed by atoms with E-state index < -0.39 is 0 Å². The highest BCUT2D eigenvalue weighted by atomic mass is 79.9. The normalized spacial score (nSPS) is 10.4. The summed E-state index contributed by atoms with van der Waals surface area (Å²) in [6.45, 7) is 4.08. The van der Waals surface area contributed by atoms with Gasteiger partial charge in [0.1, 0.15) is 18.1 Å². The number of esters is 1. The first kappa shape index (κ1) is 17.8. The number of ether oxygens (including phenoxy) is 2. The van der Waals surface area contributed by atoms with E-state index in [0.29, 0.717) is 22.9 Å². The lowest BCUT2D eigenvalue weighted by atomic mass is 10.1. The van der Waals surface area contributed by atoms with Gasteiger partial charge in [0.15, 0.2) is 0 Å². The number of rotatable bonds is 6. The molecule has 0 aliphatic heterocycles. The fourth-order valence-electron chi connectivity index (χ4n) is 2.03. The fraction of sp³-hybridized carbons (Fsp3) is 0.278. The van der Waals surface area contributed by atoms with Crippen molar-refractivity contribution < 1.29 is 14.3 Å². The molecule has 0 aromatic heterocycles. The minimum absolute atomic E-state index is 0.273. The highest BCUT2D eigenvalue weighted by Crippen LogP contribution is 2.30. The van der Waals surface area contributed by atoms with Gasteiger partial charge in [-0.1, -0.05) is 53.5 Å². The average Bonchev–Trinajstić information content (AvgIpc) is 2.54. The molecule has 2 aromatic carbocycles. The van der Waals surface area contributed by atoms with Crippen LogP contribution in [0.3, 0.4) is 0 Å². The number of hydrogen-bond acceptors (Lipinski definition) is 3. The van der Waals surface area contributed by atoms with Gasteiger partial charge in [0, 0.05) is 21.5 Å². The van der Waals surface area contributed by atoms with Gasteiger partial charge in [0.05, 0.1) is 0 Å². The van der Waals surface area contributed by atoms with E-state index in [9.17, 15) is 4.79 Å². The molecule has 0 atom stereocenters. The van der Waals surface area contributed by atoms with Crippen LogP contribution >= 0.6 is 27.5 Å². The average molecular weight is 398 g/mol. The van der Waals surface area contributed by atoms with E-state index in [1.807, 2.05) is 24.3 Å². The Hall–Kier alpha value is -1.52. The van der Waals surface area contributed by atoms with E-state index in [-0.39, 0.29) is 12.6 Å². The summed E-state index contributed by atoms with van der Waals surface area (Å²) in [7, 11) is 0. The Morgan fingerprint density at radius 2 is 2.00 bits per heavy atom. The third-order valence-electron chi connectivity index (χ3n) is 3.38. The largest absolute Gasteiger partial charge is 0.489 e. The van der Waals surface area contributed by atoms with Crippen LogP contribution in [-0.4, -0.2) is 5.97 Å². The quantitative estimate of drug-likeness (QED) is 0.473. The van der Waals surface area contributed by atoms with Crippen molar-refractivity contribution in [3.8, 4) is 11.5 Å². The molecular weight excluding hydrogens is 380 g/mol. The molecule has 0 aliphatic carbocycles. The molecule has 23 heavy (non-hydrogen) atoms. The molecule has 3 nitrogen and oxygen atoms in total. The third-order valence-corrected chi connectivity index (χ3v) is 4.47. The molecule has 0 amide bonds. The first-order valence-corrected chi connectivity index (χ1v) is 8.61. The molecule has 0 bridgehead atoms. The molecule has 0 aliphatic rings. The maximum Gasteiger partial charge on any atom is 0.310 e. The lowest BCUT2D eigenvalue weighted by Crippen LogP contribution is -2.09. The summed E-state index contributed by atoms with van der Waals surface area (Å²) in [6.07, 6.45) is 1.20. The van der Waals surface area contributed by atoms with Crippen molar-refractivity contribution in [2.45, 2.75) is 33.3 Å². The molecule has 0 spiro atoms. The van der Waals surface area contributed by atoms with Crippen LogP contribution in [0, 0.1) is 0 Å². The standard InChI is InChI=1S/C18H18BrClO3/c1-3-12-8-9-13(10-16(12)20)22-11-14-15(19)6-5-7-17(14)23-18(21)4-2/h5-10H,3-4,11H2,1-2H3. The number of carbonyl (C=O) groups excluding carboxylic acids is 1. The van der Waals surface area contributed by atoms with E-state index in [4.69, 9.17) is 21.1 Å². The van der Waals surface area contributed by atoms with E-state index in [1.54, 1.807) is 19.1 Å². The molecule has 122 valence electrons. The summed E-state index contributed by atoms with van der Waals surface area (Å²) < 4.78 is 12.0. The Morgan fingerprint density at radius 3 is 2.65 bits per heavy atom. The van der Waals surface area contributed by atoms with E-state index in [0.717, 1.165) is 22.0 Å². The molecule has 2 rings (SSSR count). The summed E-state index contributed by atoms with van der Waals surface area (Å²) in [5, 5.41) is 0.690. The summed E-state index contributed by atoms with van der Waals surface area (Å²) >= 11 is 9.68. The summed E-state index contributed by atoms with van der Waals surface area (Å²) in [5.74, 6) is 0.901. The number of benzene rings is 2. The van der Waals surface area contributed by atoms with Crippen LogP contribution in [0.25, 0.3) is 0 Å². The topological polar surface area (TPSA) is 35.5 Å². The Balaban J connectivity index is 2.16. The van der Waals surface area contributed by atoms with Gasteiger partial charge in [0.2, 0.25) is 0 Å². The molecule has 0 fully saturated rings. The second kappa shape index (κ2) is 8.37. The first-order chi connectivity index (χ1) is 11.0. The zero-order valence-corrected chi connectivity index (χ0v) is 15.4. The molecule has 0 saturated heterocycles. The summed E-state index contributed by atoms with van der Waals surface area (Å²) in [5.41, 5.74) is 1.86. The Morgan fingerprint density at radius 1 is 1.22 bits per heavy atom. The maximum atomic E-state index is 11.5. The van der Waals surface area contributed by atoms with Crippen molar-refractivity contribution in [1.82, 2.24) is 0 Å². The summed E-state index contributed by atoms with van der Waals surface area (Å²) in [6, 6.07) is 11.1. The number of halogens is 2. The predicted molar refractivity (Wildman–Crippen MR) is 95.2 cm³/mol. The lowest BCUT2D eigenvalue weighted by molar-refractivity contribution is -0.134. The number of hydrogen-bond donors (Lipinski definition) is 0. The highest BCUT2D eigenvalue weighted by Gasteiger charge is 2.12. The van der Waals surface area contributed by atoms with Gasteiger partial charge in [-0.2, -0.15) is 0 Å². The van der Waals surface area contributed by atoms with Crippen LogP contribution < -0.4 is 9.47 Å². The van der Waals surface area contributed by atoms with Crippen molar-refractivity contribution in [3.63, 3.8) is 0 Å². The zero-order chi connectivity index (χ0) is 16.8. The van der Waals surface area contributed by atoms with Gasteiger partial charge in [0.25, 0.3) is 0 Å². The SMILES string of the molecule is CCC(=O)Oc1cccc(Br)c1COc1ccc(CC)c(Cl)c1. The molecule has 0 unspecified atom stereocenters. The van der Waals surface area contributed by atoms with Crippen LogP contribution in [0.15, 0.2) is 40.9 Å². The molecule has 0 N–H and O–H groups in total. The zero-order valence-electron chi connectivity index (χ0n) is 13.1. The van der Waals surface area contributed by atoms with Crippen molar-refractivity contribution in [2.75, 3.05) is 0 Å².